The first-order valence-electron chi connectivity index (χ1n) is 6.48. The van der Waals surface area contributed by atoms with Crippen LogP contribution in [0.2, 0.25) is 0 Å². The van der Waals surface area contributed by atoms with Gasteiger partial charge in [-0.2, -0.15) is 0 Å². The number of aryl methyl sites for hydroxylation is 1. The summed E-state index contributed by atoms with van der Waals surface area (Å²) in [6.07, 6.45) is 1.41. The van der Waals surface area contributed by atoms with Crippen LogP contribution in [-0.4, -0.2) is 58.3 Å². The van der Waals surface area contributed by atoms with E-state index >= 15 is 0 Å². The minimum absolute atomic E-state index is 0.00746. The summed E-state index contributed by atoms with van der Waals surface area (Å²) in [7, 11) is -1.45. The maximum atomic E-state index is 12.6. The van der Waals surface area contributed by atoms with Crippen LogP contribution in [0.15, 0.2) is 6.20 Å². The maximum absolute atomic E-state index is 12.6. The fourth-order valence-electron chi connectivity index (χ4n) is 2.40. The van der Waals surface area contributed by atoms with E-state index in [1.807, 2.05) is 20.8 Å². The molecule has 1 fully saturated rings. The Kier molecular flexibility index (Phi) is 3.62. The van der Waals surface area contributed by atoms with Gasteiger partial charge >= 0.3 is 0 Å². The molecule has 0 aromatic carbocycles. The molecule has 112 valence electrons. The second kappa shape index (κ2) is 4.83. The summed E-state index contributed by atoms with van der Waals surface area (Å²) < 4.78 is 25.1. The highest BCUT2D eigenvalue weighted by Gasteiger charge is 2.41. The van der Waals surface area contributed by atoms with Crippen molar-refractivity contribution in [2.75, 3.05) is 18.1 Å². The number of carbonyl (C=O) groups excluding carboxylic acids is 1. The minimum Gasteiger partial charge on any atom is -0.332 e. The summed E-state index contributed by atoms with van der Waals surface area (Å²) in [6, 6.07) is -0.344. The molecule has 1 aliphatic rings. The molecule has 7 nitrogen and oxygen atoms in total. The van der Waals surface area contributed by atoms with Crippen LogP contribution >= 0.6 is 0 Å². The van der Waals surface area contributed by atoms with Crippen molar-refractivity contribution in [3.8, 4) is 0 Å². The zero-order valence-electron chi connectivity index (χ0n) is 12.2. The topological polar surface area (TPSA) is 85.2 Å². The van der Waals surface area contributed by atoms with Gasteiger partial charge in [0.2, 0.25) is 0 Å². The van der Waals surface area contributed by atoms with Gasteiger partial charge in [-0.25, -0.2) is 13.1 Å². The molecule has 1 atom stereocenters. The SMILES string of the molecule is Cn1nncc1C(=O)N1CCS(=O)(=O)CC1C(C)(C)C. The molecule has 0 N–H and O–H groups in total. The number of amides is 1. The van der Waals surface area contributed by atoms with Crippen molar-refractivity contribution in [3.05, 3.63) is 11.9 Å². The minimum atomic E-state index is -3.09. The van der Waals surface area contributed by atoms with Crippen LogP contribution in [0, 0.1) is 5.41 Å². The van der Waals surface area contributed by atoms with Crippen molar-refractivity contribution in [3.63, 3.8) is 0 Å². The van der Waals surface area contributed by atoms with Crippen molar-refractivity contribution in [2.24, 2.45) is 12.5 Å². The lowest BCUT2D eigenvalue weighted by Crippen LogP contribution is -2.56. The standard InChI is InChI=1S/C12H20N4O3S/c1-12(2,3)10-8-20(18,19)6-5-16(10)11(17)9-7-13-14-15(9)4/h7,10H,5-6,8H2,1-4H3. The van der Waals surface area contributed by atoms with E-state index in [1.54, 1.807) is 11.9 Å². The van der Waals surface area contributed by atoms with Gasteiger partial charge in [-0.05, 0) is 5.41 Å². The second-order valence-corrected chi connectivity index (χ2v) is 8.47. The lowest BCUT2D eigenvalue weighted by molar-refractivity contribution is 0.0551. The van der Waals surface area contributed by atoms with Gasteiger partial charge in [0.15, 0.2) is 9.84 Å². The van der Waals surface area contributed by atoms with Gasteiger partial charge in [0, 0.05) is 13.6 Å². The first kappa shape index (κ1) is 15.0. The Morgan fingerprint density at radius 2 is 2.05 bits per heavy atom. The molecule has 2 rings (SSSR count). The summed E-state index contributed by atoms with van der Waals surface area (Å²) in [5.74, 6) is -0.197. The number of nitrogens with zero attached hydrogens (tertiary/aromatic N) is 4. The average Bonchev–Trinajstić information content (AvgIpc) is 2.72. The van der Waals surface area contributed by atoms with E-state index in [2.05, 4.69) is 10.3 Å². The third kappa shape index (κ3) is 2.84. The number of aromatic nitrogens is 3. The van der Waals surface area contributed by atoms with Crippen LogP contribution in [0.5, 0.6) is 0 Å². The Morgan fingerprint density at radius 1 is 1.40 bits per heavy atom. The molecule has 1 amide bonds. The molecule has 0 aliphatic carbocycles. The van der Waals surface area contributed by atoms with Gasteiger partial charge in [-0.1, -0.05) is 26.0 Å². The van der Waals surface area contributed by atoms with Crippen molar-refractivity contribution in [1.82, 2.24) is 19.9 Å². The quantitative estimate of drug-likeness (QED) is 0.734. The largest absolute Gasteiger partial charge is 0.332 e. The highest BCUT2D eigenvalue weighted by atomic mass is 32.2. The summed E-state index contributed by atoms with van der Waals surface area (Å²) in [5.41, 5.74) is 0.0633. The first-order valence-corrected chi connectivity index (χ1v) is 8.30. The van der Waals surface area contributed by atoms with E-state index in [4.69, 9.17) is 0 Å². The maximum Gasteiger partial charge on any atom is 0.274 e. The molecule has 1 aromatic rings. The molecule has 0 radical (unpaired) electrons. The van der Waals surface area contributed by atoms with E-state index in [-0.39, 0.29) is 35.4 Å². The summed E-state index contributed by atoms with van der Waals surface area (Å²) in [4.78, 5) is 14.2. The number of sulfone groups is 1. The third-order valence-electron chi connectivity index (χ3n) is 3.63. The zero-order chi connectivity index (χ0) is 15.1. The molecular formula is C12H20N4O3S. The molecule has 20 heavy (non-hydrogen) atoms. The Labute approximate surface area is 118 Å². The monoisotopic (exact) mass is 300 g/mol. The van der Waals surface area contributed by atoms with Gasteiger partial charge in [0.25, 0.3) is 5.91 Å². The molecule has 1 saturated heterocycles. The second-order valence-electron chi connectivity index (χ2n) is 6.24. The first-order chi connectivity index (χ1) is 9.12. The van der Waals surface area contributed by atoms with Crippen molar-refractivity contribution in [2.45, 2.75) is 26.8 Å². The predicted octanol–water partition coefficient (Wildman–Crippen LogP) is 0.100. The highest BCUT2D eigenvalue weighted by Crippen LogP contribution is 2.29. The van der Waals surface area contributed by atoms with Gasteiger partial charge < -0.3 is 4.90 Å². The Hall–Kier alpha value is -1.44. The van der Waals surface area contributed by atoms with Gasteiger partial charge in [-0.3, -0.25) is 4.79 Å². The van der Waals surface area contributed by atoms with Crippen molar-refractivity contribution < 1.29 is 13.2 Å². The Balaban J connectivity index is 2.34. The van der Waals surface area contributed by atoms with Crippen molar-refractivity contribution in [1.29, 1.82) is 0 Å². The number of hydrogen-bond donors (Lipinski definition) is 0. The lowest BCUT2D eigenvalue weighted by atomic mass is 9.86. The number of carbonyl (C=O) groups is 1. The van der Waals surface area contributed by atoms with Gasteiger partial charge in [0.05, 0.1) is 23.7 Å². The van der Waals surface area contributed by atoms with E-state index in [0.717, 1.165) is 0 Å². The predicted molar refractivity (Wildman–Crippen MR) is 73.9 cm³/mol. The fraction of sp³-hybridized carbons (Fsp3) is 0.750. The molecular weight excluding hydrogens is 280 g/mol. The molecule has 0 saturated carbocycles. The number of rotatable bonds is 1. The van der Waals surface area contributed by atoms with Crippen LogP contribution in [0.25, 0.3) is 0 Å². The number of hydrogen-bond acceptors (Lipinski definition) is 5. The van der Waals surface area contributed by atoms with Crippen LogP contribution in [0.3, 0.4) is 0 Å². The molecule has 0 bridgehead atoms. The normalized spacial score (nSPS) is 22.8. The smallest absolute Gasteiger partial charge is 0.274 e. The zero-order valence-corrected chi connectivity index (χ0v) is 13.0. The van der Waals surface area contributed by atoms with Crippen LogP contribution in [-0.2, 0) is 16.9 Å². The Morgan fingerprint density at radius 3 is 2.55 bits per heavy atom. The van der Waals surface area contributed by atoms with E-state index in [1.165, 1.54) is 10.9 Å². The third-order valence-corrected chi connectivity index (χ3v) is 5.25. The van der Waals surface area contributed by atoms with Crippen LogP contribution in [0.1, 0.15) is 31.3 Å². The summed E-state index contributed by atoms with van der Waals surface area (Å²) >= 11 is 0. The van der Waals surface area contributed by atoms with E-state index in [9.17, 15) is 13.2 Å². The molecule has 2 heterocycles. The van der Waals surface area contributed by atoms with Crippen LogP contribution in [0.4, 0.5) is 0 Å². The lowest BCUT2D eigenvalue weighted by Gasteiger charge is -2.42. The molecule has 1 aromatic heterocycles. The van der Waals surface area contributed by atoms with Gasteiger partial charge in [0.1, 0.15) is 5.69 Å². The van der Waals surface area contributed by atoms with Gasteiger partial charge in [-0.15, -0.1) is 5.10 Å². The Bertz CT molecular complexity index is 615. The molecule has 1 aliphatic heterocycles. The molecule has 8 heteroatoms. The van der Waals surface area contributed by atoms with E-state index in [0.29, 0.717) is 5.69 Å². The molecule has 1 unspecified atom stereocenters. The summed E-state index contributed by atoms with van der Waals surface area (Å²) in [5, 5.41) is 7.45. The summed E-state index contributed by atoms with van der Waals surface area (Å²) in [6.45, 7) is 6.05. The average molecular weight is 300 g/mol. The fourth-order valence-corrected chi connectivity index (χ4v) is 4.20. The van der Waals surface area contributed by atoms with Crippen LogP contribution < -0.4 is 0 Å². The highest BCUT2D eigenvalue weighted by molar-refractivity contribution is 7.91. The molecule has 0 spiro atoms. The van der Waals surface area contributed by atoms with Crippen molar-refractivity contribution >= 4 is 15.7 Å². The van der Waals surface area contributed by atoms with E-state index < -0.39 is 9.84 Å².